The first kappa shape index (κ1) is 20.7. The molecule has 2 saturated heterocycles. The van der Waals surface area contributed by atoms with Gasteiger partial charge in [-0.25, -0.2) is 0 Å². The summed E-state index contributed by atoms with van der Waals surface area (Å²) < 4.78 is 5.50. The van der Waals surface area contributed by atoms with Crippen LogP contribution in [0.25, 0.3) is 0 Å². The van der Waals surface area contributed by atoms with Crippen LogP contribution in [0.3, 0.4) is 0 Å². The second kappa shape index (κ2) is 9.89. The monoisotopic (exact) mass is 367 g/mol. The fourth-order valence-electron chi connectivity index (χ4n) is 3.95. The Morgan fingerprint density at radius 2 is 1.96 bits per heavy atom. The number of rotatable bonds is 7. The molecule has 3 rings (SSSR count). The van der Waals surface area contributed by atoms with Gasteiger partial charge in [-0.1, -0.05) is 37.3 Å². The van der Waals surface area contributed by atoms with E-state index in [1.807, 2.05) is 0 Å². The van der Waals surface area contributed by atoms with Gasteiger partial charge >= 0.3 is 0 Å². The number of halogens is 1. The van der Waals surface area contributed by atoms with Gasteiger partial charge in [-0.15, -0.1) is 12.4 Å². The molecular formula is C20H34ClN3O. The van der Waals surface area contributed by atoms with Gasteiger partial charge in [-0.05, 0) is 30.9 Å². The molecular weight excluding hydrogens is 334 g/mol. The van der Waals surface area contributed by atoms with Crippen molar-refractivity contribution in [2.45, 2.75) is 32.9 Å². The third kappa shape index (κ3) is 6.22. The van der Waals surface area contributed by atoms with Crippen LogP contribution in [-0.2, 0) is 11.3 Å². The summed E-state index contributed by atoms with van der Waals surface area (Å²) in [6.45, 7) is 14.4. The summed E-state index contributed by atoms with van der Waals surface area (Å²) in [5.74, 6) is 0. The molecule has 0 aromatic heterocycles. The molecule has 0 bridgehead atoms. The third-order valence-electron chi connectivity index (χ3n) is 5.52. The quantitative estimate of drug-likeness (QED) is 0.801. The van der Waals surface area contributed by atoms with Crippen LogP contribution in [0.2, 0.25) is 0 Å². The molecule has 25 heavy (non-hydrogen) atoms. The van der Waals surface area contributed by atoms with E-state index in [9.17, 15) is 0 Å². The van der Waals surface area contributed by atoms with Crippen molar-refractivity contribution in [1.82, 2.24) is 15.1 Å². The Kier molecular flexibility index (Phi) is 8.17. The zero-order chi connectivity index (χ0) is 16.8. The molecule has 2 unspecified atom stereocenters. The highest BCUT2D eigenvalue weighted by molar-refractivity contribution is 5.85. The van der Waals surface area contributed by atoms with E-state index in [1.54, 1.807) is 0 Å². The maximum absolute atomic E-state index is 5.50. The highest BCUT2D eigenvalue weighted by Crippen LogP contribution is 2.27. The average molecular weight is 368 g/mol. The molecule has 0 radical (unpaired) electrons. The summed E-state index contributed by atoms with van der Waals surface area (Å²) >= 11 is 0. The van der Waals surface area contributed by atoms with E-state index in [4.69, 9.17) is 4.74 Å². The predicted octanol–water partition coefficient (Wildman–Crippen LogP) is 2.63. The van der Waals surface area contributed by atoms with Crippen LogP contribution >= 0.6 is 12.4 Å². The fraction of sp³-hybridized carbons (Fsp3) is 0.700. The van der Waals surface area contributed by atoms with Gasteiger partial charge < -0.3 is 10.1 Å². The third-order valence-corrected chi connectivity index (χ3v) is 5.52. The smallest absolute Gasteiger partial charge is 0.0594 e. The molecule has 0 amide bonds. The summed E-state index contributed by atoms with van der Waals surface area (Å²) in [5, 5.41) is 3.55. The summed E-state index contributed by atoms with van der Waals surface area (Å²) in [6, 6.07) is 11.5. The molecule has 0 saturated carbocycles. The second-order valence-corrected chi connectivity index (χ2v) is 7.89. The number of benzene rings is 1. The van der Waals surface area contributed by atoms with Crippen LogP contribution in [-0.4, -0.2) is 68.3 Å². The number of morpholine rings is 1. The number of nitrogens with zero attached hydrogens (tertiary/aromatic N) is 2. The highest BCUT2D eigenvalue weighted by Gasteiger charge is 2.32. The van der Waals surface area contributed by atoms with Crippen molar-refractivity contribution >= 4 is 12.4 Å². The van der Waals surface area contributed by atoms with Crippen molar-refractivity contribution in [3.63, 3.8) is 0 Å². The normalized spacial score (nSPS) is 25.7. The molecule has 5 heteroatoms. The lowest BCUT2D eigenvalue weighted by molar-refractivity contribution is 0.0188. The van der Waals surface area contributed by atoms with Crippen LogP contribution in [0.4, 0.5) is 0 Å². The molecule has 2 atom stereocenters. The minimum Gasteiger partial charge on any atom is -0.379 e. The zero-order valence-electron chi connectivity index (χ0n) is 15.7. The lowest BCUT2D eigenvalue weighted by Crippen LogP contribution is -2.48. The van der Waals surface area contributed by atoms with E-state index in [0.29, 0.717) is 11.5 Å². The lowest BCUT2D eigenvalue weighted by atomic mass is 9.88. The van der Waals surface area contributed by atoms with Crippen LogP contribution < -0.4 is 5.32 Å². The Labute approximate surface area is 159 Å². The van der Waals surface area contributed by atoms with Gasteiger partial charge in [0.2, 0.25) is 0 Å². The summed E-state index contributed by atoms with van der Waals surface area (Å²) in [6.07, 6.45) is 1.28. The van der Waals surface area contributed by atoms with Crippen molar-refractivity contribution in [2.75, 3.05) is 52.5 Å². The van der Waals surface area contributed by atoms with Crippen molar-refractivity contribution in [3.8, 4) is 0 Å². The SMILES string of the molecule is CC(CN1CCOCC1)N(Cc1ccccc1)CC1(C)CCNC1.Cl. The Balaban J connectivity index is 0.00000225. The Morgan fingerprint density at radius 3 is 2.60 bits per heavy atom. The Morgan fingerprint density at radius 1 is 1.24 bits per heavy atom. The minimum absolute atomic E-state index is 0. The number of ether oxygens (including phenoxy) is 1. The lowest BCUT2D eigenvalue weighted by Gasteiger charge is -2.39. The molecule has 2 aliphatic rings. The van der Waals surface area contributed by atoms with Crippen LogP contribution in [0, 0.1) is 5.41 Å². The first-order valence-corrected chi connectivity index (χ1v) is 9.43. The number of hydrogen-bond acceptors (Lipinski definition) is 4. The van der Waals surface area contributed by atoms with E-state index in [-0.39, 0.29) is 12.4 Å². The van der Waals surface area contributed by atoms with Gasteiger partial charge in [-0.2, -0.15) is 0 Å². The number of nitrogens with one attached hydrogen (secondary N) is 1. The standard InChI is InChI=1S/C20H33N3O.ClH/c1-18(14-22-10-12-24-13-11-22)23(15-19-6-4-3-5-7-19)17-20(2)8-9-21-16-20;/h3-7,18,21H,8-17H2,1-2H3;1H. The van der Waals surface area contributed by atoms with E-state index < -0.39 is 0 Å². The van der Waals surface area contributed by atoms with Crippen molar-refractivity contribution < 1.29 is 4.74 Å². The first-order valence-electron chi connectivity index (χ1n) is 9.43. The van der Waals surface area contributed by atoms with Gasteiger partial charge in [0.25, 0.3) is 0 Å². The van der Waals surface area contributed by atoms with Crippen LogP contribution in [0.1, 0.15) is 25.8 Å². The maximum atomic E-state index is 5.50. The zero-order valence-corrected chi connectivity index (χ0v) is 16.6. The molecule has 0 spiro atoms. The van der Waals surface area contributed by atoms with E-state index in [1.165, 1.54) is 18.5 Å². The van der Waals surface area contributed by atoms with Gasteiger partial charge in [0.15, 0.2) is 0 Å². The van der Waals surface area contributed by atoms with Gasteiger partial charge in [0.1, 0.15) is 0 Å². The molecule has 142 valence electrons. The molecule has 0 aliphatic carbocycles. The fourth-order valence-corrected chi connectivity index (χ4v) is 3.95. The van der Waals surface area contributed by atoms with E-state index in [2.05, 4.69) is 59.3 Å². The topological polar surface area (TPSA) is 27.7 Å². The Bertz CT molecular complexity index is 487. The largest absolute Gasteiger partial charge is 0.379 e. The highest BCUT2D eigenvalue weighted by atomic mass is 35.5. The van der Waals surface area contributed by atoms with Crippen molar-refractivity contribution in [3.05, 3.63) is 35.9 Å². The first-order chi connectivity index (χ1) is 11.6. The van der Waals surface area contributed by atoms with E-state index in [0.717, 1.165) is 52.5 Å². The van der Waals surface area contributed by atoms with E-state index >= 15 is 0 Å². The summed E-state index contributed by atoms with van der Waals surface area (Å²) in [5.41, 5.74) is 1.81. The summed E-state index contributed by atoms with van der Waals surface area (Å²) in [7, 11) is 0. The van der Waals surface area contributed by atoms with Crippen LogP contribution in [0.15, 0.2) is 30.3 Å². The summed E-state index contributed by atoms with van der Waals surface area (Å²) in [4.78, 5) is 5.25. The van der Waals surface area contributed by atoms with Gasteiger partial charge in [0.05, 0.1) is 13.2 Å². The maximum Gasteiger partial charge on any atom is 0.0594 e. The van der Waals surface area contributed by atoms with Gasteiger partial charge in [0, 0.05) is 45.3 Å². The van der Waals surface area contributed by atoms with Crippen molar-refractivity contribution in [2.24, 2.45) is 5.41 Å². The molecule has 2 aliphatic heterocycles. The second-order valence-electron chi connectivity index (χ2n) is 7.89. The molecule has 2 heterocycles. The molecule has 2 fully saturated rings. The van der Waals surface area contributed by atoms with Gasteiger partial charge in [-0.3, -0.25) is 9.80 Å². The number of hydrogen-bond donors (Lipinski definition) is 1. The van der Waals surface area contributed by atoms with Crippen molar-refractivity contribution in [1.29, 1.82) is 0 Å². The molecule has 1 N–H and O–H groups in total. The van der Waals surface area contributed by atoms with Crippen LogP contribution in [0.5, 0.6) is 0 Å². The average Bonchev–Trinajstić information content (AvgIpc) is 3.02. The molecule has 4 nitrogen and oxygen atoms in total. The molecule has 1 aromatic carbocycles. The minimum atomic E-state index is 0. The predicted molar refractivity (Wildman–Crippen MR) is 106 cm³/mol. The Hall–Kier alpha value is -0.650. The molecule has 1 aromatic rings.